The number of carbonyl (C=O) groups excluding carboxylic acids is 2. The lowest BCUT2D eigenvalue weighted by molar-refractivity contribution is -0.139. The van der Waals surface area contributed by atoms with Crippen LogP contribution >= 0.6 is 0 Å². The summed E-state index contributed by atoms with van der Waals surface area (Å²) in [6.45, 7) is 0.983. The van der Waals surface area contributed by atoms with Gasteiger partial charge >= 0.3 is 5.76 Å². The van der Waals surface area contributed by atoms with E-state index in [1.165, 1.54) is 39.8 Å². The van der Waals surface area contributed by atoms with E-state index in [1.54, 1.807) is 19.2 Å². The zero-order valence-corrected chi connectivity index (χ0v) is 18.5. The minimum absolute atomic E-state index is 0.0888. The summed E-state index contributed by atoms with van der Waals surface area (Å²) in [5, 5.41) is 11.1. The van der Waals surface area contributed by atoms with Gasteiger partial charge in [0.2, 0.25) is 0 Å². The van der Waals surface area contributed by atoms with Gasteiger partial charge in [-0.05, 0) is 63.0 Å². The Labute approximate surface area is 189 Å². The number of ketones is 1. The number of amides is 1. The monoisotopic (exact) mass is 453 g/mol. The molecular weight excluding hydrogens is 429 g/mol. The van der Waals surface area contributed by atoms with Crippen molar-refractivity contribution in [2.45, 2.75) is 12.5 Å². The highest BCUT2D eigenvalue weighted by Gasteiger charge is 2.45. The van der Waals surface area contributed by atoms with Crippen LogP contribution < -0.4 is 5.76 Å². The van der Waals surface area contributed by atoms with E-state index in [-0.39, 0.29) is 29.0 Å². The van der Waals surface area contributed by atoms with E-state index >= 15 is 0 Å². The molecule has 8 nitrogen and oxygen atoms in total. The van der Waals surface area contributed by atoms with E-state index in [9.17, 15) is 23.9 Å². The van der Waals surface area contributed by atoms with Gasteiger partial charge in [0.25, 0.3) is 11.7 Å². The van der Waals surface area contributed by atoms with E-state index in [4.69, 9.17) is 4.42 Å². The van der Waals surface area contributed by atoms with E-state index in [2.05, 4.69) is 0 Å². The number of rotatable bonds is 6. The molecule has 1 aliphatic rings. The molecule has 1 N–H and O–H groups in total. The summed E-state index contributed by atoms with van der Waals surface area (Å²) in [7, 11) is 5.37. The van der Waals surface area contributed by atoms with Gasteiger partial charge in [-0.3, -0.25) is 14.2 Å². The van der Waals surface area contributed by atoms with Crippen molar-refractivity contribution in [3.05, 3.63) is 75.5 Å². The highest BCUT2D eigenvalue weighted by Crippen LogP contribution is 2.39. The van der Waals surface area contributed by atoms with E-state index < -0.39 is 29.3 Å². The minimum atomic E-state index is -0.869. The lowest BCUT2D eigenvalue weighted by Gasteiger charge is -2.26. The fourth-order valence-electron chi connectivity index (χ4n) is 4.10. The molecule has 1 aliphatic heterocycles. The van der Waals surface area contributed by atoms with Crippen molar-refractivity contribution in [2.24, 2.45) is 7.05 Å². The normalized spacial score (nSPS) is 18.1. The Hall–Kier alpha value is -3.72. The van der Waals surface area contributed by atoms with Gasteiger partial charge in [0.15, 0.2) is 5.58 Å². The van der Waals surface area contributed by atoms with Crippen LogP contribution in [0.15, 0.2) is 57.2 Å². The molecule has 0 bridgehead atoms. The SMILES string of the molecule is CN(C)CCCN1C(=O)C(=O)C(=C(O)c2ccc3c(c2)oc(=O)n3C)[C@@H]1c1ccc(F)cc1. The second kappa shape index (κ2) is 8.67. The van der Waals surface area contributed by atoms with Crippen molar-refractivity contribution in [1.82, 2.24) is 14.4 Å². The van der Waals surface area contributed by atoms with Crippen LogP contribution in [0.4, 0.5) is 4.39 Å². The summed E-state index contributed by atoms with van der Waals surface area (Å²) in [5.41, 5.74) is 1.42. The summed E-state index contributed by atoms with van der Waals surface area (Å²) in [6, 6.07) is 9.22. The molecule has 33 heavy (non-hydrogen) atoms. The van der Waals surface area contributed by atoms with Gasteiger partial charge in [-0.1, -0.05) is 12.1 Å². The van der Waals surface area contributed by atoms with E-state index in [1.807, 2.05) is 19.0 Å². The van der Waals surface area contributed by atoms with Crippen LogP contribution in [0.5, 0.6) is 0 Å². The van der Waals surface area contributed by atoms with Gasteiger partial charge in [-0.15, -0.1) is 0 Å². The molecule has 2 aromatic carbocycles. The maximum Gasteiger partial charge on any atom is 0.419 e. The highest BCUT2D eigenvalue weighted by molar-refractivity contribution is 6.46. The lowest BCUT2D eigenvalue weighted by Crippen LogP contribution is -2.32. The Bertz CT molecular complexity index is 1320. The largest absolute Gasteiger partial charge is 0.507 e. The van der Waals surface area contributed by atoms with E-state index in [0.29, 0.717) is 24.0 Å². The van der Waals surface area contributed by atoms with Crippen LogP contribution in [0.3, 0.4) is 0 Å². The number of hydrogen-bond donors (Lipinski definition) is 1. The van der Waals surface area contributed by atoms with Crippen molar-refractivity contribution < 1.29 is 23.5 Å². The second-order valence-electron chi connectivity index (χ2n) is 8.31. The number of hydrogen-bond acceptors (Lipinski definition) is 6. The molecule has 4 rings (SSSR count). The fraction of sp³-hybridized carbons (Fsp3) is 0.292. The van der Waals surface area contributed by atoms with Gasteiger partial charge in [0.1, 0.15) is 11.6 Å². The molecule has 0 aliphatic carbocycles. The number of carbonyl (C=O) groups is 2. The van der Waals surface area contributed by atoms with Crippen molar-refractivity contribution >= 4 is 28.5 Å². The molecule has 2 heterocycles. The van der Waals surface area contributed by atoms with Gasteiger partial charge in [0.05, 0.1) is 17.1 Å². The Morgan fingerprint density at radius 1 is 1.12 bits per heavy atom. The quantitative estimate of drug-likeness (QED) is 0.350. The van der Waals surface area contributed by atoms with Crippen LogP contribution in [0.25, 0.3) is 16.9 Å². The summed E-state index contributed by atoms with van der Waals surface area (Å²) < 4.78 is 20.1. The first-order valence-electron chi connectivity index (χ1n) is 10.5. The summed E-state index contributed by atoms with van der Waals surface area (Å²) in [4.78, 5) is 41.1. The topological polar surface area (TPSA) is 96.0 Å². The van der Waals surface area contributed by atoms with Gasteiger partial charge in [-0.25, -0.2) is 9.18 Å². The van der Waals surface area contributed by atoms with E-state index in [0.717, 1.165) is 0 Å². The average molecular weight is 453 g/mol. The first-order valence-corrected chi connectivity index (χ1v) is 10.5. The van der Waals surface area contributed by atoms with Crippen LogP contribution in [-0.2, 0) is 16.6 Å². The van der Waals surface area contributed by atoms with Gasteiger partial charge in [-0.2, -0.15) is 0 Å². The fourth-order valence-corrected chi connectivity index (χ4v) is 4.10. The smallest absolute Gasteiger partial charge is 0.419 e. The molecule has 0 spiro atoms. The molecule has 9 heteroatoms. The Morgan fingerprint density at radius 2 is 1.82 bits per heavy atom. The van der Waals surface area contributed by atoms with Crippen LogP contribution in [0.2, 0.25) is 0 Å². The Kier molecular flexibility index (Phi) is 5.90. The number of halogens is 1. The zero-order chi connectivity index (χ0) is 23.9. The molecule has 3 aromatic rings. The predicted molar refractivity (Wildman–Crippen MR) is 120 cm³/mol. The van der Waals surface area contributed by atoms with Crippen molar-refractivity contribution in [3.8, 4) is 0 Å². The standard InChI is InChI=1S/C24H24FN3O5/c1-26(2)11-4-12-28-20(14-5-8-16(25)9-6-14)19(22(30)23(28)31)21(29)15-7-10-17-18(13-15)33-24(32)27(17)3/h5-10,13,20,29H,4,11-12H2,1-3H3/t20-/m0/s1. The maximum atomic E-state index is 13.6. The molecule has 1 amide bonds. The number of Topliss-reactive ketones (excluding diaryl/α,β-unsaturated/α-hetero) is 1. The van der Waals surface area contributed by atoms with Crippen LogP contribution in [0.1, 0.15) is 23.6 Å². The first kappa shape index (κ1) is 22.5. The Balaban J connectivity index is 1.83. The van der Waals surface area contributed by atoms with Gasteiger partial charge < -0.3 is 19.3 Å². The number of fused-ring (bicyclic) bond motifs is 1. The summed E-state index contributed by atoms with van der Waals surface area (Å²) >= 11 is 0. The molecular formula is C24H24FN3O5. The Morgan fingerprint density at radius 3 is 2.48 bits per heavy atom. The molecule has 172 valence electrons. The van der Waals surface area contributed by atoms with Crippen LogP contribution in [0, 0.1) is 5.82 Å². The molecule has 0 saturated carbocycles. The first-order chi connectivity index (χ1) is 15.7. The summed E-state index contributed by atoms with van der Waals surface area (Å²) in [5.74, 6) is -2.94. The molecule has 1 fully saturated rings. The number of aryl methyl sites for hydroxylation is 1. The molecule has 0 radical (unpaired) electrons. The molecule has 0 unspecified atom stereocenters. The zero-order valence-electron chi connectivity index (χ0n) is 18.5. The van der Waals surface area contributed by atoms with Crippen molar-refractivity contribution in [1.29, 1.82) is 0 Å². The number of benzene rings is 2. The third-order valence-electron chi connectivity index (χ3n) is 5.80. The van der Waals surface area contributed by atoms with Crippen LogP contribution in [-0.4, -0.2) is 58.3 Å². The number of nitrogens with zero attached hydrogens (tertiary/aromatic N) is 3. The second-order valence-corrected chi connectivity index (χ2v) is 8.31. The lowest BCUT2D eigenvalue weighted by atomic mass is 9.95. The number of aliphatic hydroxyl groups excluding tert-OH is 1. The number of aliphatic hydroxyl groups is 1. The van der Waals surface area contributed by atoms with Crippen molar-refractivity contribution in [2.75, 3.05) is 27.2 Å². The number of oxazole rings is 1. The highest BCUT2D eigenvalue weighted by atomic mass is 19.1. The number of aromatic nitrogens is 1. The summed E-state index contributed by atoms with van der Waals surface area (Å²) in [6.07, 6.45) is 0.610. The number of likely N-dealkylation sites (tertiary alicyclic amines) is 1. The molecule has 1 aromatic heterocycles. The third kappa shape index (κ3) is 4.07. The molecule has 1 saturated heterocycles. The molecule has 1 atom stereocenters. The van der Waals surface area contributed by atoms with Gasteiger partial charge in [0, 0.05) is 19.2 Å². The third-order valence-corrected chi connectivity index (χ3v) is 5.80. The maximum absolute atomic E-state index is 13.6. The average Bonchev–Trinajstić information content (AvgIpc) is 3.20. The minimum Gasteiger partial charge on any atom is -0.507 e. The van der Waals surface area contributed by atoms with Crippen molar-refractivity contribution in [3.63, 3.8) is 0 Å². The predicted octanol–water partition coefficient (Wildman–Crippen LogP) is 2.64.